The van der Waals surface area contributed by atoms with Crippen molar-refractivity contribution in [3.63, 3.8) is 0 Å². The molecule has 0 amide bonds. The molecule has 0 heterocycles. The number of anilines is 1. The zero-order valence-corrected chi connectivity index (χ0v) is 10.9. The summed E-state index contributed by atoms with van der Waals surface area (Å²) in [5.74, 6) is 0.700. The Hall–Kier alpha value is -1.01. The van der Waals surface area contributed by atoms with Crippen LogP contribution in [-0.4, -0.2) is 6.04 Å². The Balaban J connectivity index is 2.21. The van der Waals surface area contributed by atoms with Crippen molar-refractivity contribution in [2.75, 3.05) is 5.32 Å². The van der Waals surface area contributed by atoms with E-state index in [0.29, 0.717) is 17.5 Å². The third-order valence-electron chi connectivity index (χ3n) is 3.33. The van der Waals surface area contributed by atoms with Crippen LogP contribution in [0.15, 0.2) is 22.7 Å². The molecule has 1 N–H and O–H groups in total. The van der Waals surface area contributed by atoms with Crippen molar-refractivity contribution in [2.45, 2.75) is 32.2 Å². The van der Waals surface area contributed by atoms with Gasteiger partial charge in [0.15, 0.2) is 0 Å². The fourth-order valence-corrected chi connectivity index (χ4v) is 2.77. The van der Waals surface area contributed by atoms with Crippen LogP contribution in [0.3, 0.4) is 0 Å². The number of rotatable bonds is 2. The second-order valence-electron chi connectivity index (χ2n) is 4.43. The van der Waals surface area contributed by atoms with Crippen LogP contribution in [0.25, 0.3) is 0 Å². The highest BCUT2D eigenvalue weighted by atomic mass is 79.9. The molecule has 1 aliphatic carbocycles. The van der Waals surface area contributed by atoms with E-state index in [1.54, 1.807) is 0 Å². The van der Waals surface area contributed by atoms with Gasteiger partial charge in [-0.2, -0.15) is 5.26 Å². The minimum absolute atomic E-state index is 0.515. The predicted molar refractivity (Wildman–Crippen MR) is 69.3 cm³/mol. The summed E-state index contributed by atoms with van der Waals surface area (Å²) in [4.78, 5) is 0. The molecule has 0 bridgehead atoms. The van der Waals surface area contributed by atoms with Gasteiger partial charge in [-0.1, -0.05) is 19.4 Å². The van der Waals surface area contributed by atoms with Gasteiger partial charge in [0.25, 0.3) is 0 Å². The predicted octanol–water partition coefficient (Wildman–Crippen LogP) is 3.92. The smallest absolute Gasteiger partial charge is 0.103 e. The van der Waals surface area contributed by atoms with Gasteiger partial charge >= 0.3 is 0 Å². The molecule has 1 aromatic rings. The van der Waals surface area contributed by atoms with Crippen LogP contribution in [0, 0.1) is 17.2 Å². The minimum atomic E-state index is 0.515. The monoisotopic (exact) mass is 278 g/mol. The normalized spacial score (nSPS) is 24.1. The molecular weight excluding hydrogens is 264 g/mol. The van der Waals surface area contributed by atoms with Crippen LogP contribution >= 0.6 is 15.9 Å². The molecule has 16 heavy (non-hydrogen) atoms. The molecule has 1 aromatic carbocycles. The molecular formula is C13H15BrN2. The van der Waals surface area contributed by atoms with Crippen molar-refractivity contribution in [3.8, 4) is 6.07 Å². The first-order valence-electron chi connectivity index (χ1n) is 5.67. The van der Waals surface area contributed by atoms with Gasteiger partial charge < -0.3 is 5.32 Å². The van der Waals surface area contributed by atoms with Crippen molar-refractivity contribution in [3.05, 3.63) is 28.2 Å². The molecule has 0 radical (unpaired) electrons. The molecule has 2 rings (SSSR count). The van der Waals surface area contributed by atoms with Gasteiger partial charge in [-0.25, -0.2) is 0 Å². The van der Waals surface area contributed by atoms with E-state index in [0.717, 1.165) is 10.2 Å². The molecule has 2 unspecified atom stereocenters. The van der Waals surface area contributed by atoms with E-state index in [2.05, 4.69) is 34.2 Å². The number of halogens is 1. The minimum Gasteiger partial charge on any atom is -0.381 e. The quantitative estimate of drug-likeness (QED) is 0.890. The highest BCUT2D eigenvalue weighted by Crippen LogP contribution is 2.31. The van der Waals surface area contributed by atoms with Gasteiger partial charge in [0.2, 0.25) is 0 Å². The summed E-state index contributed by atoms with van der Waals surface area (Å²) in [6.45, 7) is 2.27. The van der Waals surface area contributed by atoms with Gasteiger partial charge in [0, 0.05) is 10.5 Å². The average molecular weight is 279 g/mol. The summed E-state index contributed by atoms with van der Waals surface area (Å²) in [6.07, 6.45) is 3.78. The van der Waals surface area contributed by atoms with E-state index >= 15 is 0 Å². The summed E-state index contributed by atoms with van der Waals surface area (Å²) in [5, 5.41) is 12.6. The summed E-state index contributed by atoms with van der Waals surface area (Å²) in [6, 6.07) is 8.61. The number of benzene rings is 1. The summed E-state index contributed by atoms with van der Waals surface area (Å²) >= 11 is 3.41. The molecule has 1 aliphatic rings. The van der Waals surface area contributed by atoms with Gasteiger partial charge in [-0.15, -0.1) is 0 Å². The van der Waals surface area contributed by atoms with E-state index in [-0.39, 0.29) is 0 Å². The first kappa shape index (κ1) is 11.5. The van der Waals surface area contributed by atoms with Gasteiger partial charge in [0.1, 0.15) is 6.07 Å². The highest BCUT2D eigenvalue weighted by Gasteiger charge is 2.23. The third-order valence-corrected chi connectivity index (χ3v) is 3.99. The lowest BCUT2D eigenvalue weighted by Crippen LogP contribution is -2.22. The molecule has 0 aliphatic heterocycles. The van der Waals surface area contributed by atoms with Crippen LogP contribution in [0.2, 0.25) is 0 Å². The Morgan fingerprint density at radius 1 is 1.44 bits per heavy atom. The number of nitrogens with one attached hydrogen (secondary N) is 1. The topological polar surface area (TPSA) is 35.8 Å². The van der Waals surface area contributed by atoms with Crippen molar-refractivity contribution >= 4 is 21.6 Å². The molecule has 1 fully saturated rings. The van der Waals surface area contributed by atoms with Crippen molar-refractivity contribution in [1.29, 1.82) is 5.26 Å². The van der Waals surface area contributed by atoms with E-state index < -0.39 is 0 Å². The summed E-state index contributed by atoms with van der Waals surface area (Å²) < 4.78 is 0.866. The maximum Gasteiger partial charge on any atom is 0.103 e. The Bertz CT molecular complexity index is 422. The first-order valence-corrected chi connectivity index (χ1v) is 6.47. The Kier molecular flexibility index (Phi) is 3.50. The largest absolute Gasteiger partial charge is 0.381 e. The lowest BCUT2D eigenvalue weighted by Gasteiger charge is -2.19. The maximum atomic E-state index is 9.12. The van der Waals surface area contributed by atoms with Crippen LogP contribution in [0.4, 0.5) is 5.69 Å². The SMILES string of the molecule is CC1CCCC1Nc1cccc(Br)c1C#N. The van der Waals surface area contributed by atoms with Crippen LogP contribution < -0.4 is 5.32 Å². The standard InChI is InChI=1S/C13H15BrN2/c1-9-4-2-6-12(9)16-13-7-3-5-11(14)10(13)8-15/h3,5,7,9,12,16H,2,4,6H2,1H3. The molecule has 1 saturated carbocycles. The zero-order chi connectivity index (χ0) is 11.5. The Morgan fingerprint density at radius 2 is 2.25 bits per heavy atom. The summed E-state index contributed by atoms with van der Waals surface area (Å²) in [7, 11) is 0. The van der Waals surface area contributed by atoms with Gasteiger partial charge in [-0.3, -0.25) is 0 Å². The fourth-order valence-electron chi connectivity index (χ4n) is 2.32. The van der Waals surface area contributed by atoms with Crippen molar-refractivity contribution in [1.82, 2.24) is 0 Å². The lowest BCUT2D eigenvalue weighted by atomic mass is 10.1. The summed E-state index contributed by atoms with van der Waals surface area (Å²) in [5.41, 5.74) is 1.66. The molecule has 84 valence electrons. The Labute approximate surface area is 105 Å². The van der Waals surface area contributed by atoms with Gasteiger partial charge in [0.05, 0.1) is 11.3 Å². The third kappa shape index (κ3) is 2.22. The molecule has 2 nitrogen and oxygen atoms in total. The first-order chi connectivity index (χ1) is 7.72. The van der Waals surface area contributed by atoms with E-state index in [9.17, 15) is 0 Å². The number of nitrogens with zero attached hydrogens (tertiary/aromatic N) is 1. The fraction of sp³-hybridized carbons (Fsp3) is 0.462. The molecule has 0 aromatic heterocycles. The van der Waals surface area contributed by atoms with E-state index in [4.69, 9.17) is 5.26 Å². The molecule has 0 spiro atoms. The highest BCUT2D eigenvalue weighted by molar-refractivity contribution is 9.10. The average Bonchev–Trinajstić information content (AvgIpc) is 2.65. The zero-order valence-electron chi connectivity index (χ0n) is 9.33. The van der Waals surface area contributed by atoms with Crippen molar-refractivity contribution < 1.29 is 0 Å². The van der Waals surface area contributed by atoms with Crippen molar-refractivity contribution in [2.24, 2.45) is 5.92 Å². The van der Waals surface area contributed by atoms with Gasteiger partial charge in [-0.05, 0) is 46.8 Å². The van der Waals surface area contributed by atoms with Crippen LogP contribution in [0.1, 0.15) is 31.7 Å². The van der Waals surface area contributed by atoms with E-state index in [1.807, 2.05) is 18.2 Å². The Morgan fingerprint density at radius 3 is 2.88 bits per heavy atom. The number of hydrogen-bond donors (Lipinski definition) is 1. The van der Waals surface area contributed by atoms with E-state index in [1.165, 1.54) is 19.3 Å². The lowest BCUT2D eigenvalue weighted by molar-refractivity contribution is 0.556. The number of hydrogen-bond acceptors (Lipinski definition) is 2. The maximum absolute atomic E-state index is 9.12. The molecule has 2 atom stereocenters. The molecule has 0 saturated heterocycles. The molecule has 3 heteroatoms. The van der Waals surface area contributed by atoms with Crippen LogP contribution in [-0.2, 0) is 0 Å². The van der Waals surface area contributed by atoms with Crippen LogP contribution in [0.5, 0.6) is 0 Å². The second-order valence-corrected chi connectivity index (χ2v) is 5.29. The second kappa shape index (κ2) is 4.88. The number of nitriles is 1.